The summed E-state index contributed by atoms with van der Waals surface area (Å²) in [5, 5.41) is 0. The van der Waals surface area contributed by atoms with Crippen LogP contribution in [0, 0.1) is 27.7 Å². The van der Waals surface area contributed by atoms with Gasteiger partial charge in [0.15, 0.2) is 0 Å². The molecule has 0 fully saturated rings. The van der Waals surface area contributed by atoms with Gasteiger partial charge < -0.3 is 4.74 Å². The fourth-order valence-corrected chi connectivity index (χ4v) is 15.0. The van der Waals surface area contributed by atoms with E-state index in [0.717, 1.165) is 5.75 Å². The van der Waals surface area contributed by atoms with Crippen molar-refractivity contribution in [2.45, 2.75) is 111 Å². The smallest absolute Gasteiger partial charge is 0.131 e. The van der Waals surface area contributed by atoms with E-state index in [0.29, 0.717) is 11.1 Å². The lowest BCUT2D eigenvalue weighted by molar-refractivity contribution is 0.399. The summed E-state index contributed by atoms with van der Waals surface area (Å²) in [4.78, 5) is 0. The molecule has 0 saturated carbocycles. The number of ether oxygens (including phenoxy) is 1. The Morgan fingerprint density at radius 2 is 1.19 bits per heavy atom. The van der Waals surface area contributed by atoms with Crippen LogP contribution in [0.4, 0.5) is 0 Å². The molecular weight excluding hydrogens is 597 g/mol. The lowest BCUT2D eigenvalue weighted by Crippen LogP contribution is -2.42. The topological polar surface area (TPSA) is 9.23 Å². The second-order valence-electron chi connectivity index (χ2n) is 16.9. The number of hydrogen-bond acceptors (Lipinski definition) is 1. The monoisotopic (exact) mass is 650 g/mol. The van der Waals surface area contributed by atoms with Gasteiger partial charge in [-0.15, -0.1) is 0 Å². The van der Waals surface area contributed by atoms with Gasteiger partial charge in [-0.2, -0.15) is 0 Å². The van der Waals surface area contributed by atoms with Gasteiger partial charge in [-0.25, -0.2) is 0 Å². The molecule has 0 amide bonds. The van der Waals surface area contributed by atoms with Crippen molar-refractivity contribution in [3.63, 3.8) is 0 Å². The van der Waals surface area contributed by atoms with Crippen LogP contribution in [-0.2, 0) is 18.3 Å². The van der Waals surface area contributed by atoms with Crippen LogP contribution in [0.5, 0.6) is 5.75 Å². The molecule has 0 aliphatic heterocycles. The van der Waals surface area contributed by atoms with Crippen LogP contribution in [0.15, 0.2) is 59.7 Å². The maximum Gasteiger partial charge on any atom is 0.131 e. The number of benzene rings is 4. The standard InChI is InChI=1S/C46H54OSi/c1-26-16-18-33(28(3)20-26)41-35-15-13-14-32(35)24-38-36(41)22-30(5)44(38)48(11,12)45-31(6)23-37-39(45)25-40(46(7,8)9)43(47-10)42(37)34-19-17-27(2)21-29(34)4/h16-25,44-45H,13-15H2,1-12H3. The fourth-order valence-electron chi connectivity index (χ4n) is 10.1. The molecule has 0 bridgehead atoms. The lowest BCUT2D eigenvalue weighted by Gasteiger charge is -2.40. The van der Waals surface area contributed by atoms with Gasteiger partial charge in [-0.05, 0) is 127 Å². The number of rotatable bonds is 5. The Kier molecular flexibility index (Phi) is 7.87. The van der Waals surface area contributed by atoms with Crippen molar-refractivity contribution >= 4 is 20.2 Å². The summed E-state index contributed by atoms with van der Waals surface area (Å²) >= 11 is 0. The summed E-state index contributed by atoms with van der Waals surface area (Å²) in [6.45, 7) is 26.2. The van der Waals surface area contributed by atoms with Gasteiger partial charge in [0, 0.05) is 22.2 Å². The van der Waals surface area contributed by atoms with E-state index < -0.39 is 8.07 Å². The Morgan fingerprint density at radius 3 is 1.71 bits per heavy atom. The highest BCUT2D eigenvalue weighted by Crippen LogP contribution is 2.58. The zero-order chi connectivity index (χ0) is 34.4. The van der Waals surface area contributed by atoms with Gasteiger partial charge >= 0.3 is 0 Å². The van der Waals surface area contributed by atoms with Crippen molar-refractivity contribution in [1.82, 2.24) is 0 Å². The van der Waals surface area contributed by atoms with Crippen LogP contribution in [0.3, 0.4) is 0 Å². The third-order valence-corrected chi connectivity index (χ3v) is 16.4. The first-order valence-electron chi connectivity index (χ1n) is 18.1. The van der Waals surface area contributed by atoms with Crippen LogP contribution < -0.4 is 4.74 Å². The molecule has 2 unspecified atom stereocenters. The first-order valence-corrected chi connectivity index (χ1v) is 21.2. The number of methoxy groups -OCH3 is 1. The third kappa shape index (κ3) is 5.01. The van der Waals surface area contributed by atoms with E-state index in [4.69, 9.17) is 4.74 Å². The molecule has 2 heteroatoms. The van der Waals surface area contributed by atoms with Crippen LogP contribution >= 0.6 is 0 Å². The van der Waals surface area contributed by atoms with Crippen molar-refractivity contribution in [3.8, 4) is 28.0 Å². The molecular formula is C46H54OSi. The van der Waals surface area contributed by atoms with E-state index in [-0.39, 0.29) is 5.41 Å². The SMILES string of the molecule is COc1c(C(C)(C)C)cc2c(c1-c1ccc(C)cc1C)C=C(C)C2[Si](C)(C)C1C(C)=Cc2c1cc1c(c2-c2ccc(C)cc2C)CCC1. The summed E-state index contributed by atoms with van der Waals surface area (Å²) < 4.78 is 6.38. The molecule has 0 N–H and O–H groups in total. The molecule has 0 radical (unpaired) electrons. The van der Waals surface area contributed by atoms with Gasteiger partial charge in [0.05, 0.1) is 15.2 Å². The minimum Gasteiger partial charge on any atom is -0.496 e. The Labute approximate surface area is 291 Å². The summed E-state index contributed by atoms with van der Waals surface area (Å²) in [5.41, 5.74) is 25.3. The lowest BCUT2D eigenvalue weighted by atomic mass is 9.80. The Hall–Kier alpha value is -3.62. The molecule has 4 aromatic rings. The zero-order valence-electron chi connectivity index (χ0n) is 31.5. The first-order chi connectivity index (χ1) is 22.6. The van der Waals surface area contributed by atoms with E-state index in [2.05, 4.69) is 136 Å². The van der Waals surface area contributed by atoms with Gasteiger partial charge in [-0.3, -0.25) is 0 Å². The molecule has 4 aromatic carbocycles. The molecule has 0 heterocycles. The molecule has 1 nitrogen and oxygen atoms in total. The van der Waals surface area contributed by atoms with Crippen LogP contribution in [-0.4, -0.2) is 15.2 Å². The number of hydrogen-bond donors (Lipinski definition) is 0. The van der Waals surface area contributed by atoms with Crippen LogP contribution in [0.1, 0.15) is 113 Å². The average molecular weight is 651 g/mol. The minimum absolute atomic E-state index is 0.0579. The third-order valence-electron chi connectivity index (χ3n) is 11.9. The zero-order valence-corrected chi connectivity index (χ0v) is 32.5. The molecule has 0 aromatic heterocycles. The summed E-state index contributed by atoms with van der Waals surface area (Å²) in [7, 11) is -0.216. The van der Waals surface area contributed by atoms with Crippen molar-refractivity contribution in [2.75, 3.05) is 7.11 Å². The van der Waals surface area contributed by atoms with Crippen LogP contribution in [0.25, 0.3) is 34.4 Å². The molecule has 7 rings (SSSR count). The highest BCUT2D eigenvalue weighted by Gasteiger charge is 2.48. The van der Waals surface area contributed by atoms with Gasteiger partial charge in [0.2, 0.25) is 0 Å². The van der Waals surface area contributed by atoms with Gasteiger partial charge in [0.25, 0.3) is 0 Å². The predicted molar refractivity (Wildman–Crippen MR) is 210 cm³/mol. The van der Waals surface area contributed by atoms with Crippen molar-refractivity contribution in [2.24, 2.45) is 0 Å². The first kappa shape index (κ1) is 32.9. The fraction of sp³-hybridized carbons (Fsp3) is 0.391. The number of allylic oxidation sites excluding steroid dienone is 2. The Bertz CT molecular complexity index is 2060. The molecule has 3 aliphatic carbocycles. The van der Waals surface area contributed by atoms with E-state index >= 15 is 0 Å². The van der Waals surface area contributed by atoms with E-state index in [1.165, 1.54) is 91.6 Å². The van der Waals surface area contributed by atoms with E-state index in [1.807, 2.05) is 7.11 Å². The average Bonchev–Trinajstić information content (AvgIpc) is 3.69. The highest BCUT2D eigenvalue weighted by atomic mass is 28.3. The molecule has 48 heavy (non-hydrogen) atoms. The summed E-state index contributed by atoms with van der Waals surface area (Å²) in [6, 6.07) is 19.2. The maximum absolute atomic E-state index is 6.38. The molecule has 0 spiro atoms. The molecule has 248 valence electrons. The van der Waals surface area contributed by atoms with Crippen molar-refractivity contribution < 1.29 is 4.74 Å². The normalized spacial score (nSPS) is 18.4. The maximum atomic E-state index is 6.38. The summed E-state index contributed by atoms with van der Waals surface area (Å²) in [5.74, 6) is 1.04. The van der Waals surface area contributed by atoms with Crippen molar-refractivity contribution in [3.05, 3.63) is 121 Å². The number of fused-ring (bicyclic) bond motifs is 3. The second kappa shape index (κ2) is 11.5. The summed E-state index contributed by atoms with van der Waals surface area (Å²) in [6.07, 6.45) is 8.78. The molecule has 3 aliphatic rings. The van der Waals surface area contributed by atoms with Gasteiger partial charge in [0.1, 0.15) is 5.75 Å². The highest BCUT2D eigenvalue weighted by molar-refractivity contribution is 6.81. The molecule has 2 atom stereocenters. The number of aryl methyl sites for hydroxylation is 5. The minimum atomic E-state index is -2.08. The largest absolute Gasteiger partial charge is 0.496 e. The second-order valence-corrected chi connectivity index (χ2v) is 21.7. The predicted octanol–water partition coefficient (Wildman–Crippen LogP) is 12.5. The molecule has 0 saturated heterocycles. The van der Waals surface area contributed by atoms with E-state index in [9.17, 15) is 0 Å². The quantitative estimate of drug-likeness (QED) is 0.195. The van der Waals surface area contributed by atoms with Gasteiger partial charge in [-0.1, -0.05) is 117 Å². The van der Waals surface area contributed by atoms with E-state index in [1.54, 1.807) is 22.3 Å². The van der Waals surface area contributed by atoms with Crippen molar-refractivity contribution in [1.29, 1.82) is 0 Å². The van der Waals surface area contributed by atoms with Crippen LogP contribution in [0.2, 0.25) is 13.1 Å². The Balaban J connectivity index is 1.45. The Morgan fingerprint density at radius 1 is 0.667 bits per heavy atom.